The molecule has 102 valence electrons. The van der Waals surface area contributed by atoms with E-state index in [2.05, 4.69) is 16.9 Å². The standard InChI is InChI=1S/C13H16F2N4/c1-18-5-4-8(6-18)7-19-12-10(17-13(19)16)3-2-9(14)11(12)15/h2-3,8H,4-7H2,1H3,(H2,16,17). The van der Waals surface area contributed by atoms with Gasteiger partial charge in [-0.05, 0) is 38.1 Å². The van der Waals surface area contributed by atoms with Gasteiger partial charge in [0.25, 0.3) is 0 Å². The molecule has 1 fully saturated rings. The zero-order valence-corrected chi connectivity index (χ0v) is 10.7. The highest BCUT2D eigenvalue weighted by molar-refractivity contribution is 5.79. The van der Waals surface area contributed by atoms with Gasteiger partial charge in [0.05, 0.1) is 5.52 Å². The van der Waals surface area contributed by atoms with Crippen LogP contribution in [0.3, 0.4) is 0 Å². The van der Waals surface area contributed by atoms with Crippen molar-refractivity contribution in [3.05, 3.63) is 23.8 Å². The molecule has 0 radical (unpaired) electrons. The lowest BCUT2D eigenvalue weighted by Crippen LogP contribution is -2.18. The van der Waals surface area contributed by atoms with E-state index < -0.39 is 11.6 Å². The van der Waals surface area contributed by atoms with Gasteiger partial charge in [-0.25, -0.2) is 13.8 Å². The molecule has 1 atom stereocenters. The number of halogens is 2. The Hall–Kier alpha value is -1.69. The lowest BCUT2D eigenvalue weighted by Gasteiger charge is -2.13. The summed E-state index contributed by atoms with van der Waals surface area (Å²) in [5.41, 5.74) is 6.41. The van der Waals surface area contributed by atoms with Crippen molar-refractivity contribution in [2.24, 2.45) is 5.92 Å². The Morgan fingerprint density at radius 2 is 2.21 bits per heavy atom. The molecule has 0 spiro atoms. The number of hydrogen-bond acceptors (Lipinski definition) is 3. The summed E-state index contributed by atoms with van der Waals surface area (Å²) in [5.74, 6) is -1.09. The van der Waals surface area contributed by atoms with Crippen LogP contribution >= 0.6 is 0 Å². The zero-order chi connectivity index (χ0) is 13.6. The third-order valence-electron chi connectivity index (χ3n) is 3.76. The van der Waals surface area contributed by atoms with Crippen molar-refractivity contribution >= 4 is 17.0 Å². The molecule has 0 aliphatic carbocycles. The number of rotatable bonds is 2. The topological polar surface area (TPSA) is 47.1 Å². The third-order valence-corrected chi connectivity index (χ3v) is 3.76. The van der Waals surface area contributed by atoms with Gasteiger partial charge >= 0.3 is 0 Å². The van der Waals surface area contributed by atoms with Crippen LogP contribution in [0.15, 0.2) is 12.1 Å². The largest absolute Gasteiger partial charge is 0.369 e. The number of nitrogens with two attached hydrogens (primary N) is 1. The van der Waals surface area contributed by atoms with E-state index in [1.54, 1.807) is 4.57 Å². The van der Waals surface area contributed by atoms with Gasteiger partial charge in [-0.1, -0.05) is 0 Å². The summed E-state index contributed by atoms with van der Waals surface area (Å²) < 4.78 is 28.9. The average molecular weight is 266 g/mol. The first-order valence-corrected chi connectivity index (χ1v) is 6.34. The Labute approximate surface area is 109 Å². The van der Waals surface area contributed by atoms with Crippen molar-refractivity contribution in [2.45, 2.75) is 13.0 Å². The molecular weight excluding hydrogens is 250 g/mol. The van der Waals surface area contributed by atoms with Crippen LogP contribution in [0.4, 0.5) is 14.7 Å². The molecule has 1 aliphatic heterocycles. The van der Waals surface area contributed by atoms with E-state index in [0.717, 1.165) is 25.6 Å². The molecule has 2 N–H and O–H groups in total. The van der Waals surface area contributed by atoms with E-state index in [4.69, 9.17) is 5.73 Å². The van der Waals surface area contributed by atoms with E-state index in [1.165, 1.54) is 6.07 Å². The molecule has 2 aromatic rings. The predicted octanol–water partition coefficient (Wildman–Crippen LogP) is 1.85. The van der Waals surface area contributed by atoms with E-state index in [0.29, 0.717) is 18.0 Å². The van der Waals surface area contributed by atoms with Crippen LogP contribution in [-0.2, 0) is 6.54 Å². The van der Waals surface area contributed by atoms with Gasteiger partial charge in [-0.2, -0.15) is 0 Å². The minimum atomic E-state index is -0.868. The maximum absolute atomic E-state index is 13.9. The van der Waals surface area contributed by atoms with Gasteiger partial charge < -0.3 is 15.2 Å². The van der Waals surface area contributed by atoms with Crippen LogP contribution in [0.5, 0.6) is 0 Å². The Morgan fingerprint density at radius 1 is 1.42 bits per heavy atom. The molecule has 0 bridgehead atoms. The molecule has 1 aromatic heterocycles. The molecule has 0 amide bonds. The van der Waals surface area contributed by atoms with Crippen LogP contribution < -0.4 is 5.73 Å². The van der Waals surface area contributed by atoms with Crippen LogP contribution in [-0.4, -0.2) is 34.6 Å². The maximum atomic E-state index is 13.9. The van der Waals surface area contributed by atoms with Crippen LogP contribution in [0.25, 0.3) is 11.0 Å². The monoisotopic (exact) mass is 266 g/mol. The Morgan fingerprint density at radius 3 is 2.89 bits per heavy atom. The summed E-state index contributed by atoms with van der Waals surface area (Å²) in [6.07, 6.45) is 1.03. The molecule has 3 rings (SSSR count). The highest BCUT2D eigenvalue weighted by atomic mass is 19.2. The molecule has 6 heteroatoms. The second-order valence-corrected chi connectivity index (χ2v) is 5.23. The fourth-order valence-corrected chi connectivity index (χ4v) is 2.79. The number of nitrogens with zero attached hydrogens (tertiary/aromatic N) is 3. The fraction of sp³-hybridized carbons (Fsp3) is 0.462. The van der Waals surface area contributed by atoms with E-state index in [1.807, 2.05) is 0 Å². The smallest absolute Gasteiger partial charge is 0.201 e. The number of aromatic nitrogens is 2. The first kappa shape index (κ1) is 12.3. The molecule has 19 heavy (non-hydrogen) atoms. The van der Waals surface area contributed by atoms with Crippen molar-refractivity contribution < 1.29 is 8.78 Å². The number of likely N-dealkylation sites (tertiary alicyclic amines) is 1. The molecular formula is C13H16F2N4. The maximum Gasteiger partial charge on any atom is 0.201 e. The Balaban J connectivity index is 2.02. The van der Waals surface area contributed by atoms with Crippen LogP contribution in [0, 0.1) is 17.6 Å². The quantitative estimate of drug-likeness (QED) is 0.902. The number of benzene rings is 1. The summed E-state index contributed by atoms with van der Waals surface area (Å²) in [6.45, 7) is 2.54. The van der Waals surface area contributed by atoms with Crippen molar-refractivity contribution in [1.29, 1.82) is 0 Å². The molecule has 1 unspecified atom stereocenters. The number of imidazole rings is 1. The van der Waals surface area contributed by atoms with Crippen molar-refractivity contribution in [2.75, 3.05) is 25.9 Å². The fourth-order valence-electron chi connectivity index (χ4n) is 2.79. The predicted molar refractivity (Wildman–Crippen MR) is 69.7 cm³/mol. The second kappa shape index (κ2) is 4.45. The minimum Gasteiger partial charge on any atom is -0.369 e. The number of hydrogen-bond donors (Lipinski definition) is 1. The number of nitrogen functional groups attached to an aromatic ring is 1. The summed E-state index contributed by atoms with van der Waals surface area (Å²) in [7, 11) is 2.05. The Kier molecular flexibility index (Phi) is 2.89. The van der Waals surface area contributed by atoms with E-state index >= 15 is 0 Å². The summed E-state index contributed by atoms with van der Waals surface area (Å²) >= 11 is 0. The SMILES string of the molecule is CN1CCC(Cn2c(N)nc3ccc(F)c(F)c32)C1. The van der Waals surface area contributed by atoms with Gasteiger partial charge in [-0.15, -0.1) is 0 Å². The zero-order valence-electron chi connectivity index (χ0n) is 10.7. The van der Waals surface area contributed by atoms with Crippen LogP contribution in [0.2, 0.25) is 0 Å². The third kappa shape index (κ3) is 2.06. The highest BCUT2D eigenvalue weighted by Gasteiger charge is 2.23. The van der Waals surface area contributed by atoms with Gasteiger partial charge in [0.2, 0.25) is 5.95 Å². The lowest BCUT2D eigenvalue weighted by atomic mass is 10.1. The molecule has 0 saturated carbocycles. The van der Waals surface area contributed by atoms with Crippen molar-refractivity contribution in [1.82, 2.24) is 14.5 Å². The first-order valence-electron chi connectivity index (χ1n) is 6.34. The molecule has 2 heterocycles. The second-order valence-electron chi connectivity index (χ2n) is 5.23. The highest BCUT2D eigenvalue weighted by Crippen LogP contribution is 2.26. The molecule has 1 aromatic carbocycles. The van der Waals surface area contributed by atoms with Gasteiger partial charge in [0, 0.05) is 13.1 Å². The van der Waals surface area contributed by atoms with Crippen molar-refractivity contribution in [3.8, 4) is 0 Å². The number of anilines is 1. The molecule has 1 saturated heterocycles. The average Bonchev–Trinajstić information content (AvgIpc) is 2.90. The first-order chi connectivity index (χ1) is 9.06. The van der Waals surface area contributed by atoms with Gasteiger partial charge in [0.1, 0.15) is 5.52 Å². The number of fused-ring (bicyclic) bond motifs is 1. The summed E-state index contributed by atoms with van der Waals surface area (Å²) in [6, 6.07) is 2.54. The van der Waals surface area contributed by atoms with E-state index in [9.17, 15) is 8.78 Å². The minimum absolute atomic E-state index is 0.173. The molecule has 1 aliphatic rings. The Bertz CT molecular complexity index is 623. The summed E-state index contributed by atoms with van der Waals surface area (Å²) in [4.78, 5) is 6.32. The van der Waals surface area contributed by atoms with Gasteiger partial charge in [0.15, 0.2) is 11.6 Å². The van der Waals surface area contributed by atoms with Crippen molar-refractivity contribution in [3.63, 3.8) is 0 Å². The van der Waals surface area contributed by atoms with E-state index in [-0.39, 0.29) is 11.5 Å². The molecule has 4 nitrogen and oxygen atoms in total. The summed E-state index contributed by atoms with van der Waals surface area (Å²) in [5, 5.41) is 0. The van der Waals surface area contributed by atoms with Crippen LogP contribution in [0.1, 0.15) is 6.42 Å². The lowest BCUT2D eigenvalue weighted by molar-refractivity contribution is 0.380. The normalized spacial score (nSPS) is 20.5. The van der Waals surface area contributed by atoms with Gasteiger partial charge in [-0.3, -0.25) is 0 Å².